The molecule has 2 heteroatoms. The van der Waals surface area contributed by atoms with Crippen LogP contribution in [-0.4, -0.2) is 4.98 Å². The molecule has 0 unspecified atom stereocenters. The summed E-state index contributed by atoms with van der Waals surface area (Å²) in [6, 6.07) is 12.3. The second kappa shape index (κ2) is 6.80. The number of nitrogens with zero attached hydrogens (tertiary/aromatic N) is 1. The molecule has 0 amide bonds. The standard InChI is InChI=1S/C16H19NO/c1-2-3-9-15-10-11-17-12-16(15)18-13-14-7-5-4-6-8-14/h4-8,10-12H,2-3,9,13H2,1H3. The van der Waals surface area contributed by atoms with Gasteiger partial charge in [-0.25, -0.2) is 0 Å². The number of ether oxygens (including phenoxy) is 1. The van der Waals surface area contributed by atoms with Crippen LogP contribution in [0, 0.1) is 0 Å². The van der Waals surface area contributed by atoms with Crippen molar-refractivity contribution >= 4 is 0 Å². The molecule has 2 aromatic rings. The average molecular weight is 241 g/mol. The number of pyridine rings is 1. The Balaban J connectivity index is 2.00. The van der Waals surface area contributed by atoms with E-state index in [-0.39, 0.29) is 0 Å². The first kappa shape index (κ1) is 12.6. The van der Waals surface area contributed by atoms with Gasteiger partial charge in [-0.2, -0.15) is 0 Å². The van der Waals surface area contributed by atoms with Crippen LogP contribution in [0.2, 0.25) is 0 Å². The molecule has 0 fully saturated rings. The first-order chi connectivity index (χ1) is 8.90. The second-order valence-electron chi connectivity index (χ2n) is 4.36. The molecule has 0 radical (unpaired) electrons. The molecule has 2 rings (SSSR count). The highest BCUT2D eigenvalue weighted by Crippen LogP contribution is 2.20. The van der Waals surface area contributed by atoms with Gasteiger partial charge in [0, 0.05) is 6.20 Å². The van der Waals surface area contributed by atoms with Gasteiger partial charge in [0.2, 0.25) is 0 Å². The van der Waals surface area contributed by atoms with E-state index < -0.39 is 0 Å². The Morgan fingerprint density at radius 1 is 1.11 bits per heavy atom. The molecular weight excluding hydrogens is 222 g/mol. The molecule has 0 atom stereocenters. The zero-order valence-corrected chi connectivity index (χ0v) is 10.8. The van der Waals surface area contributed by atoms with Crippen molar-refractivity contribution in [2.75, 3.05) is 0 Å². The Labute approximate surface area is 109 Å². The number of aryl methyl sites for hydroxylation is 1. The van der Waals surface area contributed by atoms with Gasteiger partial charge in [0.15, 0.2) is 0 Å². The van der Waals surface area contributed by atoms with E-state index in [1.165, 1.54) is 24.0 Å². The van der Waals surface area contributed by atoms with E-state index in [0.717, 1.165) is 12.2 Å². The van der Waals surface area contributed by atoms with Crippen molar-refractivity contribution in [2.45, 2.75) is 32.8 Å². The van der Waals surface area contributed by atoms with Gasteiger partial charge in [-0.1, -0.05) is 43.7 Å². The summed E-state index contributed by atoms with van der Waals surface area (Å²) in [5, 5.41) is 0. The molecule has 0 N–H and O–H groups in total. The fourth-order valence-electron chi connectivity index (χ4n) is 1.85. The van der Waals surface area contributed by atoms with Crippen LogP contribution in [0.15, 0.2) is 48.8 Å². The maximum Gasteiger partial charge on any atom is 0.141 e. The van der Waals surface area contributed by atoms with E-state index in [1.807, 2.05) is 30.6 Å². The van der Waals surface area contributed by atoms with Crippen molar-refractivity contribution in [1.82, 2.24) is 4.98 Å². The van der Waals surface area contributed by atoms with Crippen molar-refractivity contribution < 1.29 is 4.74 Å². The van der Waals surface area contributed by atoms with Gasteiger partial charge >= 0.3 is 0 Å². The summed E-state index contributed by atoms with van der Waals surface area (Å²) < 4.78 is 5.86. The maximum absolute atomic E-state index is 5.86. The summed E-state index contributed by atoms with van der Waals surface area (Å²) in [6.07, 6.45) is 7.09. The van der Waals surface area contributed by atoms with E-state index in [9.17, 15) is 0 Å². The quantitative estimate of drug-likeness (QED) is 0.762. The summed E-state index contributed by atoms with van der Waals surface area (Å²) in [4.78, 5) is 4.14. The number of rotatable bonds is 6. The van der Waals surface area contributed by atoms with Crippen LogP contribution in [0.4, 0.5) is 0 Å². The summed E-state index contributed by atoms with van der Waals surface area (Å²) in [6.45, 7) is 2.80. The number of aromatic nitrogens is 1. The van der Waals surface area contributed by atoms with Gasteiger partial charge in [-0.05, 0) is 30.0 Å². The third-order valence-corrected chi connectivity index (χ3v) is 2.91. The van der Waals surface area contributed by atoms with Crippen molar-refractivity contribution in [1.29, 1.82) is 0 Å². The molecule has 0 aliphatic heterocycles. The van der Waals surface area contributed by atoms with Crippen LogP contribution in [-0.2, 0) is 13.0 Å². The van der Waals surface area contributed by atoms with Crippen LogP contribution in [0.1, 0.15) is 30.9 Å². The van der Waals surface area contributed by atoms with Gasteiger partial charge in [0.25, 0.3) is 0 Å². The van der Waals surface area contributed by atoms with Crippen molar-refractivity contribution in [3.8, 4) is 5.75 Å². The highest BCUT2D eigenvalue weighted by Gasteiger charge is 2.03. The maximum atomic E-state index is 5.86. The Kier molecular flexibility index (Phi) is 4.77. The molecule has 0 bridgehead atoms. The number of hydrogen-bond acceptors (Lipinski definition) is 2. The first-order valence-corrected chi connectivity index (χ1v) is 6.49. The lowest BCUT2D eigenvalue weighted by atomic mass is 10.1. The molecule has 1 aromatic carbocycles. The smallest absolute Gasteiger partial charge is 0.141 e. The lowest BCUT2D eigenvalue weighted by Gasteiger charge is -2.10. The minimum atomic E-state index is 0.603. The topological polar surface area (TPSA) is 22.1 Å². The Morgan fingerprint density at radius 3 is 2.72 bits per heavy atom. The van der Waals surface area contributed by atoms with Crippen LogP contribution in [0.25, 0.3) is 0 Å². The van der Waals surface area contributed by atoms with Crippen LogP contribution < -0.4 is 4.74 Å². The molecule has 0 saturated heterocycles. The fraction of sp³-hybridized carbons (Fsp3) is 0.312. The second-order valence-corrected chi connectivity index (χ2v) is 4.36. The minimum Gasteiger partial charge on any atom is -0.487 e. The van der Waals surface area contributed by atoms with E-state index in [4.69, 9.17) is 4.74 Å². The van der Waals surface area contributed by atoms with Crippen molar-refractivity contribution in [3.63, 3.8) is 0 Å². The number of benzene rings is 1. The van der Waals surface area contributed by atoms with E-state index >= 15 is 0 Å². The molecule has 0 spiro atoms. The van der Waals surface area contributed by atoms with E-state index in [1.54, 1.807) is 0 Å². The van der Waals surface area contributed by atoms with Gasteiger partial charge in [-0.3, -0.25) is 4.98 Å². The summed E-state index contributed by atoms with van der Waals surface area (Å²) in [5.41, 5.74) is 2.44. The van der Waals surface area contributed by atoms with Crippen LogP contribution in [0.3, 0.4) is 0 Å². The summed E-state index contributed by atoms with van der Waals surface area (Å²) in [7, 11) is 0. The molecule has 94 valence electrons. The lowest BCUT2D eigenvalue weighted by Crippen LogP contribution is -1.99. The molecule has 0 aliphatic carbocycles. The predicted molar refractivity (Wildman–Crippen MR) is 73.6 cm³/mol. The molecule has 1 aromatic heterocycles. The van der Waals surface area contributed by atoms with Crippen LogP contribution >= 0.6 is 0 Å². The third-order valence-electron chi connectivity index (χ3n) is 2.91. The normalized spacial score (nSPS) is 10.3. The van der Waals surface area contributed by atoms with Crippen molar-refractivity contribution in [2.24, 2.45) is 0 Å². The molecule has 18 heavy (non-hydrogen) atoms. The van der Waals surface area contributed by atoms with Gasteiger partial charge < -0.3 is 4.74 Å². The number of hydrogen-bond donors (Lipinski definition) is 0. The van der Waals surface area contributed by atoms with E-state index in [0.29, 0.717) is 6.61 Å². The SMILES string of the molecule is CCCCc1ccncc1OCc1ccccc1. The summed E-state index contributed by atoms with van der Waals surface area (Å²) >= 11 is 0. The Morgan fingerprint density at radius 2 is 1.94 bits per heavy atom. The van der Waals surface area contributed by atoms with Crippen LogP contribution in [0.5, 0.6) is 5.75 Å². The Hall–Kier alpha value is -1.83. The minimum absolute atomic E-state index is 0.603. The molecule has 0 saturated carbocycles. The zero-order chi connectivity index (χ0) is 12.6. The largest absolute Gasteiger partial charge is 0.487 e. The third kappa shape index (κ3) is 3.59. The molecule has 1 heterocycles. The van der Waals surface area contributed by atoms with E-state index in [2.05, 4.69) is 30.1 Å². The Bertz CT molecular complexity index is 468. The predicted octanol–water partition coefficient (Wildman–Crippen LogP) is 4.00. The highest BCUT2D eigenvalue weighted by atomic mass is 16.5. The fourth-order valence-corrected chi connectivity index (χ4v) is 1.85. The number of unbranched alkanes of at least 4 members (excludes halogenated alkanes) is 1. The summed E-state index contributed by atoms with van der Waals surface area (Å²) in [5.74, 6) is 0.912. The lowest BCUT2D eigenvalue weighted by molar-refractivity contribution is 0.301. The highest BCUT2D eigenvalue weighted by molar-refractivity contribution is 5.30. The van der Waals surface area contributed by atoms with Gasteiger partial charge in [0.1, 0.15) is 12.4 Å². The average Bonchev–Trinajstić information content (AvgIpc) is 2.45. The molecular formula is C16H19NO. The van der Waals surface area contributed by atoms with Crippen molar-refractivity contribution in [3.05, 3.63) is 59.9 Å². The molecule has 2 nitrogen and oxygen atoms in total. The monoisotopic (exact) mass is 241 g/mol. The first-order valence-electron chi connectivity index (χ1n) is 6.49. The van der Waals surface area contributed by atoms with Gasteiger partial charge in [-0.15, -0.1) is 0 Å². The van der Waals surface area contributed by atoms with Gasteiger partial charge in [0.05, 0.1) is 6.20 Å². The zero-order valence-electron chi connectivity index (χ0n) is 10.8. The molecule has 0 aliphatic rings.